The number of carbonyl (C=O) groups is 1. The van der Waals surface area contributed by atoms with Crippen molar-refractivity contribution in [2.24, 2.45) is 5.73 Å². The Balaban J connectivity index is 1.43. The van der Waals surface area contributed by atoms with Gasteiger partial charge in [-0.25, -0.2) is 8.42 Å². The maximum absolute atomic E-state index is 13.1. The predicted molar refractivity (Wildman–Crippen MR) is 132 cm³/mol. The van der Waals surface area contributed by atoms with Crippen LogP contribution in [0.5, 0.6) is 0 Å². The number of fused-ring (bicyclic) bond motifs is 1. The molecule has 1 saturated heterocycles. The molecule has 1 aliphatic heterocycles. The lowest BCUT2D eigenvalue weighted by Gasteiger charge is -2.30. The number of primary amides is 1. The smallest absolute Gasteiger partial charge is 0.250 e. The third-order valence-electron chi connectivity index (χ3n) is 6.54. The quantitative estimate of drug-likeness (QED) is 0.444. The summed E-state index contributed by atoms with van der Waals surface area (Å²) in [6.07, 6.45) is 1.19. The molecule has 3 aromatic carbocycles. The SMILES string of the molecule is N#Cc1ccc(S(=O)(=O)N2CCC(c3n[nH]c4c(C(N)=O)cc(-c5ccccc5)cc34)CC2)cc1. The van der Waals surface area contributed by atoms with Gasteiger partial charge < -0.3 is 5.73 Å². The van der Waals surface area contributed by atoms with Gasteiger partial charge in [0.25, 0.3) is 5.91 Å². The van der Waals surface area contributed by atoms with E-state index in [0.717, 1.165) is 22.2 Å². The first-order valence-electron chi connectivity index (χ1n) is 11.3. The lowest BCUT2D eigenvalue weighted by molar-refractivity contribution is 0.100. The molecule has 3 N–H and O–H groups in total. The number of aromatic amines is 1. The molecule has 1 amide bonds. The number of amides is 1. The van der Waals surface area contributed by atoms with Crippen molar-refractivity contribution in [3.8, 4) is 17.2 Å². The number of hydrogen-bond acceptors (Lipinski definition) is 5. The minimum atomic E-state index is -3.65. The lowest BCUT2D eigenvalue weighted by atomic mass is 9.90. The Hall–Kier alpha value is -4.00. The van der Waals surface area contributed by atoms with Gasteiger partial charge >= 0.3 is 0 Å². The molecule has 0 aliphatic carbocycles. The van der Waals surface area contributed by atoms with Gasteiger partial charge in [-0.1, -0.05) is 30.3 Å². The lowest BCUT2D eigenvalue weighted by Crippen LogP contribution is -2.38. The van der Waals surface area contributed by atoms with Gasteiger partial charge in [-0.15, -0.1) is 0 Å². The maximum Gasteiger partial charge on any atom is 0.250 e. The second-order valence-corrected chi connectivity index (χ2v) is 10.5. The van der Waals surface area contributed by atoms with E-state index >= 15 is 0 Å². The van der Waals surface area contributed by atoms with Crippen LogP contribution in [0.4, 0.5) is 0 Å². The second-order valence-electron chi connectivity index (χ2n) is 8.60. The summed E-state index contributed by atoms with van der Waals surface area (Å²) in [5, 5.41) is 17.3. The molecule has 0 atom stereocenters. The first-order chi connectivity index (χ1) is 16.9. The molecular weight excluding hydrogens is 462 g/mol. The van der Waals surface area contributed by atoms with Crippen molar-refractivity contribution < 1.29 is 13.2 Å². The average molecular weight is 486 g/mol. The van der Waals surface area contributed by atoms with Crippen LogP contribution >= 0.6 is 0 Å². The molecule has 0 unspecified atom stereocenters. The largest absolute Gasteiger partial charge is 0.366 e. The van der Waals surface area contributed by atoms with Crippen molar-refractivity contribution in [2.45, 2.75) is 23.7 Å². The fourth-order valence-electron chi connectivity index (χ4n) is 4.66. The normalized spacial score (nSPS) is 15.2. The van der Waals surface area contributed by atoms with E-state index in [2.05, 4.69) is 10.2 Å². The summed E-state index contributed by atoms with van der Waals surface area (Å²) in [5.74, 6) is -0.505. The Labute approximate surface area is 203 Å². The summed E-state index contributed by atoms with van der Waals surface area (Å²) in [7, 11) is -3.65. The van der Waals surface area contributed by atoms with Crippen molar-refractivity contribution in [1.29, 1.82) is 5.26 Å². The highest BCUT2D eigenvalue weighted by Crippen LogP contribution is 2.36. The zero-order valence-corrected chi connectivity index (χ0v) is 19.6. The Morgan fingerprint density at radius 2 is 1.71 bits per heavy atom. The highest BCUT2D eigenvalue weighted by atomic mass is 32.2. The molecule has 8 nitrogen and oxygen atoms in total. The van der Waals surface area contributed by atoms with E-state index in [0.29, 0.717) is 42.6 Å². The number of rotatable bonds is 5. The third kappa shape index (κ3) is 4.18. The van der Waals surface area contributed by atoms with Crippen LogP contribution in [0.2, 0.25) is 0 Å². The number of nitrogens with two attached hydrogens (primary N) is 1. The van der Waals surface area contributed by atoms with Gasteiger partial charge in [-0.2, -0.15) is 14.7 Å². The Morgan fingerprint density at radius 3 is 2.34 bits per heavy atom. The number of aromatic nitrogens is 2. The molecule has 0 bridgehead atoms. The number of sulfonamides is 1. The highest BCUT2D eigenvalue weighted by Gasteiger charge is 2.32. The molecule has 0 spiro atoms. The van der Waals surface area contributed by atoms with Crippen LogP contribution in [0.15, 0.2) is 71.6 Å². The zero-order chi connectivity index (χ0) is 24.6. The van der Waals surface area contributed by atoms with E-state index in [1.807, 2.05) is 42.5 Å². The summed E-state index contributed by atoms with van der Waals surface area (Å²) in [5.41, 5.74) is 9.72. The number of hydrogen-bond donors (Lipinski definition) is 2. The standard InChI is InChI=1S/C26H23N5O3S/c27-16-17-6-8-21(9-7-17)35(33,34)31-12-10-19(11-13-31)24-22-14-20(18-4-2-1-3-5-18)15-23(26(28)32)25(22)30-29-24/h1-9,14-15,19H,10-13H2,(H2,28,32)(H,29,30). The van der Waals surface area contributed by atoms with Crippen molar-refractivity contribution >= 4 is 26.8 Å². The molecule has 9 heteroatoms. The molecule has 0 saturated carbocycles. The number of nitrogens with one attached hydrogen (secondary N) is 1. The Kier molecular flexibility index (Phi) is 5.84. The minimum absolute atomic E-state index is 0.0305. The Bertz CT molecular complexity index is 1550. The molecule has 5 rings (SSSR count). The van der Waals surface area contributed by atoms with E-state index in [4.69, 9.17) is 11.0 Å². The molecule has 1 aliphatic rings. The molecule has 1 aromatic heterocycles. The minimum Gasteiger partial charge on any atom is -0.366 e. The number of benzene rings is 3. The van der Waals surface area contributed by atoms with Crippen molar-refractivity contribution in [3.63, 3.8) is 0 Å². The highest BCUT2D eigenvalue weighted by molar-refractivity contribution is 7.89. The van der Waals surface area contributed by atoms with Crippen LogP contribution in [0.3, 0.4) is 0 Å². The summed E-state index contributed by atoms with van der Waals surface area (Å²) in [6.45, 7) is 0.699. The molecule has 1 fully saturated rings. The fraction of sp³-hybridized carbons (Fsp3) is 0.192. The van der Waals surface area contributed by atoms with Crippen LogP contribution in [0.1, 0.15) is 40.4 Å². The summed E-state index contributed by atoms with van der Waals surface area (Å²) in [4.78, 5) is 12.4. The van der Waals surface area contributed by atoms with E-state index in [9.17, 15) is 13.2 Å². The van der Waals surface area contributed by atoms with Crippen LogP contribution < -0.4 is 5.73 Å². The van der Waals surface area contributed by atoms with Gasteiger partial charge in [0.05, 0.1) is 33.3 Å². The van der Waals surface area contributed by atoms with E-state index in [1.54, 1.807) is 6.07 Å². The molecular formula is C26H23N5O3S. The van der Waals surface area contributed by atoms with Crippen molar-refractivity contribution in [3.05, 3.63) is 83.6 Å². The molecule has 0 radical (unpaired) electrons. The van der Waals surface area contributed by atoms with Gasteiger partial charge in [-0.3, -0.25) is 9.89 Å². The molecule has 4 aromatic rings. The topological polar surface area (TPSA) is 133 Å². The molecule has 35 heavy (non-hydrogen) atoms. The van der Waals surface area contributed by atoms with Crippen LogP contribution in [-0.4, -0.2) is 41.9 Å². The van der Waals surface area contributed by atoms with Gasteiger partial charge in [-0.05, 0) is 60.4 Å². The van der Waals surface area contributed by atoms with Gasteiger partial charge in [0, 0.05) is 24.4 Å². The third-order valence-corrected chi connectivity index (χ3v) is 8.45. The van der Waals surface area contributed by atoms with Crippen LogP contribution in [0, 0.1) is 11.3 Å². The number of nitrogens with zero attached hydrogens (tertiary/aromatic N) is 3. The monoisotopic (exact) mass is 485 g/mol. The predicted octanol–water partition coefficient (Wildman–Crippen LogP) is 3.77. The first-order valence-corrected chi connectivity index (χ1v) is 12.7. The van der Waals surface area contributed by atoms with E-state index in [-0.39, 0.29) is 10.8 Å². The van der Waals surface area contributed by atoms with E-state index < -0.39 is 15.9 Å². The zero-order valence-electron chi connectivity index (χ0n) is 18.8. The van der Waals surface area contributed by atoms with Gasteiger partial charge in [0.2, 0.25) is 10.0 Å². The van der Waals surface area contributed by atoms with Crippen molar-refractivity contribution in [2.75, 3.05) is 13.1 Å². The van der Waals surface area contributed by atoms with Gasteiger partial charge in [0.1, 0.15) is 0 Å². The number of piperidine rings is 1. The van der Waals surface area contributed by atoms with E-state index in [1.165, 1.54) is 28.6 Å². The number of H-pyrrole nitrogens is 1. The van der Waals surface area contributed by atoms with Crippen molar-refractivity contribution in [1.82, 2.24) is 14.5 Å². The summed E-state index contributed by atoms with van der Waals surface area (Å²) in [6, 6.07) is 21.5. The molecule has 2 heterocycles. The number of nitriles is 1. The second kappa shape index (κ2) is 8.98. The maximum atomic E-state index is 13.1. The average Bonchev–Trinajstić information content (AvgIpc) is 3.32. The molecule has 176 valence electrons. The Morgan fingerprint density at radius 1 is 1.03 bits per heavy atom. The van der Waals surface area contributed by atoms with Crippen LogP contribution in [-0.2, 0) is 10.0 Å². The fourth-order valence-corrected chi connectivity index (χ4v) is 6.13. The summed E-state index contributed by atoms with van der Waals surface area (Å²) < 4.78 is 27.6. The van der Waals surface area contributed by atoms with Gasteiger partial charge in [0.15, 0.2) is 0 Å². The van der Waals surface area contributed by atoms with Crippen LogP contribution in [0.25, 0.3) is 22.0 Å². The summed E-state index contributed by atoms with van der Waals surface area (Å²) >= 11 is 0. The number of carbonyl (C=O) groups excluding carboxylic acids is 1. The first kappa shape index (κ1) is 22.8.